The van der Waals surface area contributed by atoms with Crippen molar-refractivity contribution in [2.45, 2.75) is 41.0 Å². The molecule has 0 radical (unpaired) electrons. The van der Waals surface area contributed by atoms with E-state index in [4.69, 9.17) is 4.74 Å². The number of carbonyl (C=O) groups excluding carboxylic acids is 2. The Kier molecular flexibility index (Phi) is 7.92. The van der Waals surface area contributed by atoms with Gasteiger partial charge in [0.25, 0.3) is 5.91 Å². The zero-order chi connectivity index (χ0) is 18.2. The van der Waals surface area contributed by atoms with Gasteiger partial charge in [-0.1, -0.05) is 40.7 Å². The smallest absolute Gasteiger partial charge is 0.251 e. The molecule has 0 saturated carbocycles. The molecule has 0 bridgehead atoms. The van der Waals surface area contributed by atoms with Crippen LogP contribution < -0.4 is 10.6 Å². The maximum Gasteiger partial charge on any atom is 0.251 e. The first-order valence-corrected chi connectivity index (χ1v) is 8.47. The summed E-state index contributed by atoms with van der Waals surface area (Å²) < 4.78 is 5.48. The summed E-state index contributed by atoms with van der Waals surface area (Å²) in [5.74, 6) is 0.290. The van der Waals surface area contributed by atoms with Crippen molar-refractivity contribution in [3.63, 3.8) is 0 Å². The summed E-state index contributed by atoms with van der Waals surface area (Å²) in [6.07, 6.45) is 0.777. The number of ether oxygens (including phenoxy) is 1. The molecule has 0 fully saturated rings. The fourth-order valence-corrected chi connectivity index (χ4v) is 1.85. The average Bonchev–Trinajstić information content (AvgIpc) is 2.49. The molecule has 0 aliphatic rings. The molecule has 0 aromatic heterocycles. The van der Waals surface area contributed by atoms with Crippen LogP contribution >= 0.6 is 0 Å². The number of hydrogen-bond acceptors (Lipinski definition) is 3. The van der Waals surface area contributed by atoms with Gasteiger partial charge >= 0.3 is 0 Å². The predicted octanol–water partition coefficient (Wildman–Crippen LogP) is 3.46. The highest BCUT2D eigenvalue weighted by Crippen LogP contribution is 2.18. The molecule has 0 aliphatic carbocycles. The highest BCUT2D eigenvalue weighted by molar-refractivity contribution is 5.98. The van der Waals surface area contributed by atoms with Crippen molar-refractivity contribution in [2.24, 2.45) is 11.3 Å². The van der Waals surface area contributed by atoms with Gasteiger partial charge in [0.1, 0.15) is 0 Å². The summed E-state index contributed by atoms with van der Waals surface area (Å²) in [4.78, 5) is 24.2. The largest absolute Gasteiger partial charge is 0.381 e. The second kappa shape index (κ2) is 9.42. The summed E-state index contributed by atoms with van der Waals surface area (Å²) in [7, 11) is 0. The average molecular weight is 334 g/mol. The number of benzene rings is 1. The van der Waals surface area contributed by atoms with E-state index in [2.05, 4.69) is 24.5 Å². The number of nitrogens with one attached hydrogen (secondary N) is 2. The molecule has 134 valence electrons. The van der Waals surface area contributed by atoms with Crippen LogP contribution in [0, 0.1) is 11.3 Å². The van der Waals surface area contributed by atoms with Crippen LogP contribution in [0.25, 0.3) is 0 Å². The molecule has 2 amide bonds. The zero-order valence-electron chi connectivity index (χ0n) is 15.4. The molecule has 0 heterocycles. The van der Waals surface area contributed by atoms with Crippen LogP contribution in [0.3, 0.4) is 0 Å². The van der Waals surface area contributed by atoms with Crippen LogP contribution in [0.15, 0.2) is 24.3 Å². The van der Waals surface area contributed by atoms with Gasteiger partial charge in [-0.05, 0) is 30.5 Å². The predicted molar refractivity (Wildman–Crippen MR) is 97.1 cm³/mol. The van der Waals surface area contributed by atoms with E-state index in [1.54, 1.807) is 24.3 Å². The monoisotopic (exact) mass is 334 g/mol. The maximum absolute atomic E-state index is 12.2. The summed E-state index contributed by atoms with van der Waals surface area (Å²) >= 11 is 0. The van der Waals surface area contributed by atoms with Gasteiger partial charge in [-0.2, -0.15) is 0 Å². The van der Waals surface area contributed by atoms with Crippen LogP contribution in [0.2, 0.25) is 0 Å². The number of amides is 2. The number of hydrogen-bond donors (Lipinski definition) is 2. The lowest BCUT2D eigenvalue weighted by atomic mass is 9.95. The normalized spacial score (nSPS) is 11.4. The van der Waals surface area contributed by atoms with E-state index in [9.17, 15) is 9.59 Å². The Hall–Kier alpha value is -1.88. The molecule has 24 heavy (non-hydrogen) atoms. The lowest BCUT2D eigenvalue weighted by Gasteiger charge is -2.18. The molecule has 5 nitrogen and oxygen atoms in total. The third-order valence-corrected chi connectivity index (χ3v) is 3.27. The molecule has 1 rings (SSSR count). The van der Waals surface area contributed by atoms with E-state index in [0.717, 1.165) is 13.0 Å². The molecule has 0 aliphatic heterocycles. The molecule has 0 saturated heterocycles. The van der Waals surface area contributed by atoms with Crippen LogP contribution in [0.1, 0.15) is 51.4 Å². The van der Waals surface area contributed by atoms with Gasteiger partial charge in [0.15, 0.2) is 0 Å². The van der Waals surface area contributed by atoms with Crippen molar-refractivity contribution in [3.8, 4) is 0 Å². The Balaban J connectivity index is 2.45. The fraction of sp³-hybridized carbons (Fsp3) is 0.579. The summed E-state index contributed by atoms with van der Waals surface area (Å²) in [5.41, 5.74) is 0.682. The number of rotatable bonds is 8. The molecule has 1 aromatic carbocycles. The molecule has 0 unspecified atom stereocenters. The first kappa shape index (κ1) is 20.2. The topological polar surface area (TPSA) is 67.4 Å². The Morgan fingerprint density at radius 3 is 2.54 bits per heavy atom. The minimum Gasteiger partial charge on any atom is -0.381 e. The van der Waals surface area contributed by atoms with Gasteiger partial charge < -0.3 is 15.4 Å². The molecular formula is C19H30N2O3. The minimum atomic E-state index is -0.478. The second-order valence-corrected chi connectivity index (χ2v) is 7.36. The Labute approximate surface area is 145 Å². The van der Waals surface area contributed by atoms with Crippen LogP contribution in [0.4, 0.5) is 5.69 Å². The van der Waals surface area contributed by atoms with E-state index in [1.165, 1.54) is 0 Å². The minimum absolute atomic E-state index is 0.0811. The first-order valence-electron chi connectivity index (χ1n) is 8.47. The Morgan fingerprint density at radius 1 is 1.21 bits per heavy atom. The number of anilines is 1. The summed E-state index contributed by atoms with van der Waals surface area (Å²) in [6, 6.07) is 6.96. The highest BCUT2D eigenvalue weighted by Gasteiger charge is 2.21. The van der Waals surface area contributed by atoms with Crippen molar-refractivity contribution in [1.29, 1.82) is 0 Å². The summed E-state index contributed by atoms with van der Waals surface area (Å²) in [6.45, 7) is 11.7. The molecule has 0 atom stereocenters. The van der Waals surface area contributed by atoms with Crippen molar-refractivity contribution < 1.29 is 14.3 Å². The lowest BCUT2D eigenvalue weighted by molar-refractivity contribution is -0.123. The van der Waals surface area contributed by atoms with E-state index in [0.29, 0.717) is 30.3 Å². The van der Waals surface area contributed by atoms with Crippen LogP contribution in [0.5, 0.6) is 0 Å². The second-order valence-electron chi connectivity index (χ2n) is 7.36. The zero-order valence-corrected chi connectivity index (χ0v) is 15.4. The third-order valence-electron chi connectivity index (χ3n) is 3.27. The molecule has 2 N–H and O–H groups in total. The van der Waals surface area contributed by atoms with E-state index >= 15 is 0 Å². The molecule has 0 spiro atoms. The standard InChI is InChI=1S/C19H30N2O3/c1-14(2)13-24-11-7-10-20-17(22)15-8-6-9-16(12-15)21-18(23)19(3,4)5/h6,8-9,12,14H,7,10-11,13H2,1-5H3,(H,20,22)(H,21,23). The van der Waals surface area contributed by atoms with E-state index < -0.39 is 5.41 Å². The van der Waals surface area contributed by atoms with Gasteiger partial charge in [-0.3, -0.25) is 9.59 Å². The molecule has 1 aromatic rings. The highest BCUT2D eigenvalue weighted by atomic mass is 16.5. The Morgan fingerprint density at radius 2 is 1.92 bits per heavy atom. The van der Waals surface area contributed by atoms with Gasteiger partial charge in [0, 0.05) is 36.4 Å². The van der Waals surface area contributed by atoms with Crippen molar-refractivity contribution >= 4 is 17.5 Å². The van der Waals surface area contributed by atoms with Gasteiger partial charge in [-0.15, -0.1) is 0 Å². The third kappa shape index (κ3) is 7.59. The van der Waals surface area contributed by atoms with E-state index in [1.807, 2.05) is 20.8 Å². The lowest BCUT2D eigenvalue weighted by Crippen LogP contribution is -2.28. The van der Waals surface area contributed by atoms with Crippen molar-refractivity contribution in [3.05, 3.63) is 29.8 Å². The van der Waals surface area contributed by atoms with E-state index in [-0.39, 0.29) is 11.8 Å². The van der Waals surface area contributed by atoms with Gasteiger partial charge in [0.2, 0.25) is 5.91 Å². The fourth-order valence-electron chi connectivity index (χ4n) is 1.85. The maximum atomic E-state index is 12.2. The van der Waals surface area contributed by atoms with Crippen LogP contribution in [-0.4, -0.2) is 31.6 Å². The SMILES string of the molecule is CC(C)COCCCNC(=O)c1cccc(NC(=O)C(C)(C)C)c1. The van der Waals surface area contributed by atoms with Gasteiger partial charge in [-0.25, -0.2) is 0 Å². The van der Waals surface area contributed by atoms with Gasteiger partial charge in [0.05, 0.1) is 0 Å². The first-order chi connectivity index (χ1) is 11.2. The van der Waals surface area contributed by atoms with Crippen molar-refractivity contribution in [1.82, 2.24) is 5.32 Å². The van der Waals surface area contributed by atoms with Crippen molar-refractivity contribution in [2.75, 3.05) is 25.1 Å². The quantitative estimate of drug-likeness (QED) is 0.715. The molecular weight excluding hydrogens is 304 g/mol. The Bertz CT molecular complexity index is 548. The van der Waals surface area contributed by atoms with Crippen LogP contribution in [-0.2, 0) is 9.53 Å². The molecule has 5 heteroatoms. The summed E-state index contributed by atoms with van der Waals surface area (Å²) in [5, 5.41) is 5.70. The number of carbonyl (C=O) groups is 2.